The van der Waals surface area contributed by atoms with Crippen molar-refractivity contribution in [1.29, 1.82) is 0 Å². The van der Waals surface area contributed by atoms with Gasteiger partial charge in [-0.1, -0.05) is 41.6 Å². The number of para-hydroxylation sites is 1. The van der Waals surface area contributed by atoms with Crippen molar-refractivity contribution < 1.29 is 14.1 Å². The smallest absolute Gasteiger partial charge is 0.264 e. The number of ether oxygens (including phenoxy) is 1. The largest absolute Gasteiger partial charge is 0.483 e. The van der Waals surface area contributed by atoms with Gasteiger partial charge in [-0.3, -0.25) is 4.79 Å². The van der Waals surface area contributed by atoms with Crippen LogP contribution in [-0.2, 0) is 6.61 Å². The van der Waals surface area contributed by atoms with E-state index in [2.05, 4.69) is 10.1 Å². The quantitative estimate of drug-likeness (QED) is 0.674. The lowest BCUT2D eigenvalue weighted by Crippen LogP contribution is -1.98. The first-order chi connectivity index (χ1) is 10.8. The Bertz CT molecular complexity index is 796. The van der Waals surface area contributed by atoms with E-state index >= 15 is 0 Å². The van der Waals surface area contributed by atoms with Crippen molar-refractivity contribution in [3.05, 3.63) is 65.5 Å². The first-order valence-electron chi connectivity index (χ1n) is 6.83. The Morgan fingerprint density at radius 2 is 1.91 bits per heavy atom. The normalized spacial score (nSPS) is 10.4. The molecule has 0 bridgehead atoms. The van der Waals surface area contributed by atoms with E-state index in [1.165, 1.54) is 0 Å². The molecule has 0 unspecified atom stereocenters. The molecule has 0 atom stereocenters. The summed E-state index contributed by atoms with van der Waals surface area (Å²) in [5.74, 6) is 1.38. The summed E-state index contributed by atoms with van der Waals surface area (Å²) < 4.78 is 10.8. The van der Waals surface area contributed by atoms with Gasteiger partial charge in [0.05, 0.1) is 5.56 Å². The Balaban J connectivity index is 1.75. The molecule has 0 fully saturated rings. The van der Waals surface area contributed by atoms with Gasteiger partial charge in [0.2, 0.25) is 5.82 Å². The van der Waals surface area contributed by atoms with Crippen LogP contribution in [0, 0.1) is 6.92 Å². The van der Waals surface area contributed by atoms with E-state index in [4.69, 9.17) is 9.26 Å². The van der Waals surface area contributed by atoms with E-state index in [1.807, 2.05) is 31.2 Å². The van der Waals surface area contributed by atoms with Crippen LogP contribution in [0.15, 0.2) is 53.1 Å². The first kappa shape index (κ1) is 14.0. The van der Waals surface area contributed by atoms with Gasteiger partial charge in [0.25, 0.3) is 5.89 Å². The van der Waals surface area contributed by atoms with Crippen molar-refractivity contribution >= 4 is 6.29 Å². The number of aldehydes is 1. The summed E-state index contributed by atoms with van der Waals surface area (Å²) in [5, 5.41) is 3.97. The summed E-state index contributed by atoms with van der Waals surface area (Å²) in [6, 6.07) is 14.8. The minimum absolute atomic E-state index is 0.115. The van der Waals surface area contributed by atoms with Crippen molar-refractivity contribution in [1.82, 2.24) is 10.1 Å². The number of benzene rings is 2. The molecule has 1 aromatic heterocycles. The van der Waals surface area contributed by atoms with Crippen LogP contribution in [0.25, 0.3) is 11.4 Å². The number of rotatable bonds is 5. The van der Waals surface area contributed by atoms with Gasteiger partial charge in [0, 0.05) is 5.56 Å². The van der Waals surface area contributed by atoms with Gasteiger partial charge in [-0.25, -0.2) is 0 Å². The highest BCUT2D eigenvalue weighted by molar-refractivity contribution is 5.79. The van der Waals surface area contributed by atoms with E-state index < -0.39 is 0 Å². The van der Waals surface area contributed by atoms with Crippen LogP contribution in [0.4, 0.5) is 0 Å². The minimum atomic E-state index is 0.115. The highest BCUT2D eigenvalue weighted by Gasteiger charge is 2.11. The zero-order valence-corrected chi connectivity index (χ0v) is 12.0. The van der Waals surface area contributed by atoms with Gasteiger partial charge in [0.1, 0.15) is 5.75 Å². The van der Waals surface area contributed by atoms with E-state index in [0.717, 1.165) is 17.4 Å². The van der Waals surface area contributed by atoms with Crippen molar-refractivity contribution in [3.63, 3.8) is 0 Å². The number of nitrogens with zero attached hydrogens (tertiary/aromatic N) is 2. The zero-order chi connectivity index (χ0) is 15.4. The fourth-order valence-corrected chi connectivity index (χ4v) is 2.10. The topological polar surface area (TPSA) is 65.2 Å². The lowest BCUT2D eigenvalue weighted by Gasteiger charge is -2.04. The summed E-state index contributed by atoms with van der Waals surface area (Å²) in [6.07, 6.45) is 0.752. The van der Waals surface area contributed by atoms with Crippen LogP contribution in [0.3, 0.4) is 0 Å². The maximum Gasteiger partial charge on any atom is 0.264 e. The van der Waals surface area contributed by atoms with Crippen molar-refractivity contribution in [2.24, 2.45) is 0 Å². The molecule has 0 spiro atoms. The molecule has 0 radical (unpaired) electrons. The standard InChI is InChI=1S/C17H14N2O3/c1-12-6-2-4-8-14(12)17-18-16(22-19-17)11-21-15-9-5-3-7-13(15)10-20/h2-10H,11H2,1H3. The summed E-state index contributed by atoms with van der Waals surface area (Å²) in [6.45, 7) is 2.10. The zero-order valence-electron chi connectivity index (χ0n) is 12.0. The van der Waals surface area contributed by atoms with E-state index in [-0.39, 0.29) is 6.61 Å². The average Bonchev–Trinajstić information content (AvgIpc) is 3.02. The lowest BCUT2D eigenvalue weighted by molar-refractivity contribution is 0.111. The molecule has 0 amide bonds. The Kier molecular flexibility index (Phi) is 3.96. The Hall–Kier alpha value is -2.95. The predicted octanol–water partition coefficient (Wildman–Crippen LogP) is 3.44. The third kappa shape index (κ3) is 2.88. The maximum atomic E-state index is 10.9. The van der Waals surface area contributed by atoms with Gasteiger partial charge < -0.3 is 9.26 Å². The highest BCUT2D eigenvalue weighted by Crippen LogP contribution is 2.21. The van der Waals surface area contributed by atoms with Crippen molar-refractivity contribution in [2.75, 3.05) is 0 Å². The van der Waals surface area contributed by atoms with Crippen LogP contribution in [-0.4, -0.2) is 16.4 Å². The Morgan fingerprint density at radius 1 is 1.14 bits per heavy atom. The highest BCUT2D eigenvalue weighted by atomic mass is 16.5. The van der Waals surface area contributed by atoms with Crippen molar-refractivity contribution in [2.45, 2.75) is 13.5 Å². The molecule has 0 saturated carbocycles. The van der Waals surface area contributed by atoms with Gasteiger partial charge >= 0.3 is 0 Å². The summed E-state index contributed by atoms with van der Waals surface area (Å²) in [5.41, 5.74) is 2.48. The molecule has 1 heterocycles. The molecule has 3 rings (SSSR count). The van der Waals surface area contributed by atoms with E-state index in [0.29, 0.717) is 23.0 Å². The number of carbonyl (C=O) groups is 1. The molecule has 0 aliphatic carbocycles. The molecule has 22 heavy (non-hydrogen) atoms. The molecule has 0 aliphatic heterocycles. The summed E-state index contributed by atoms with van der Waals surface area (Å²) in [7, 11) is 0. The summed E-state index contributed by atoms with van der Waals surface area (Å²) >= 11 is 0. The fraction of sp³-hybridized carbons (Fsp3) is 0.118. The van der Waals surface area contributed by atoms with Crippen LogP contribution in [0.5, 0.6) is 5.75 Å². The molecule has 0 N–H and O–H groups in total. The van der Waals surface area contributed by atoms with Crippen LogP contribution >= 0.6 is 0 Å². The SMILES string of the molecule is Cc1ccccc1-c1noc(COc2ccccc2C=O)n1. The first-order valence-corrected chi connectivity index (χ1v) is 6.83. The molecule has 5 nitrogen and oxygen atoms in total. The number of hydrogen-bond acceptors (Lipinski definition) is 5. The second-order valence-corrected chi connectivity index (χ2v) is 4.77. The summed E-state index contributed by atoms with van der Waals surface area (Å²) in [4.78, 5) is 15.3. The van der Waals surface area contributed by atoms with Crippen LogP contribution < -0.4 is 4.74 Å². The Labute approximate surface area is 127 Å². The fourth-order valence-electron chi connectivity index (χ4n) is 2.10. The van der Waals surface area contributed by atoms with E-state index in [1.54, 1.807) is 24.3 Å². The molecule has 5 heteroatoms. The Morgan fingerprint density at radius 3 is 2.73 bits per heavy atom. The average molecular weight is 294 g/mol. The number of hydrogen-bond donors (Lipinski definition) is 0. The molecular formula is C17H14N2O3. The maximum absolute atomic E-state index is 10.9. The molecule has 110 valence electrons. The molecule has 0 saturated heterocycles. The lowest BCUT2D eigenvalue weighted by atomic mass is 10.1. The van der Waals surface area contributed by atoms with E-state index in [9.17, 15) is 4.79 Å². The van der Waals surface area contributed by atoms with Crippen molar-refractivity contribution in [3.8, 4) is 17.1 Å². The van der Waals surface area contributed by atoms with Gasteiger partial charge in [-0.2, -0.15) is 4.98 Å². The van der Waals surface area contributed by atoms with Gasteiger partial charge in [0.15, 0.2) is 12.9 Å². The second kappa shape index (κ2) is 6.22. The molecule has 2 aromatic carbocycles. The number of carbonyl (C=O) groups excluding carboxylic acids is 1. The monoisotopic (exact) mass is 294 g/mol. The predicted molar refractivity (Wildman–Crippen MR) is 80.6 cm³/mol. The van der Waals surface area contributed by atoms with Gasteiger partial charge in [-0.05, 0) is 24.6 Å². The third-order valence-electron chi connectivity index (χ3n) is 3.25. The van der Waals surface area contributed by atoms with Gasteiger partial charge in [-0.15, -0.1) is 0 Å². The molecule has 0 aliphatic rings. The molecular weight excluding hydrogens is 280 g/mol. The number of aryl methyl sites for hydroxylation is 1. The minimum Gasteiger partial charge on any atom is -0.483 e. The molecule has 3 aromatic rings. The van der Waals surface area contributed by atoms with Crippen LogP contribution in [0.1, 0.15) is 21.8 Å². The van der Waals surface area contributed by atoms with Crippen LogP contribution in [0.2, 0.25) is 0 Å². The second-order valence-electron chi connectivity index (χ2n) is 4.77. The third-order valence-corrected chi connectivity index (χ3v) is 3.25. The number of aromatic nitrogens is 2.